The van der Waals surface area contributed by atoms with Gasteiger partial charge < -0.3 is 10.6 Å². The van der Waals surface area contributed by atoms with E-state index >= 15 is 0 Å². The predicted octanol–water partition coefficient (Wildman–Crippen LogP) is 3.47. The van der Waals surface area contributed by atoms with Gasteiger partial charge in [0, 0.05) is 29.8 Å². The maximum absolute atomic E-state index is 6.09. The molecule has 1 aromatic rings. The number of halogens is 1. The topological polar surface area (TPSA) is 29.3 Å². The van der Waals surface area contributed by atoms with Crippen molar-refractivity contribution >= 4 is 17.3 Å². The average Bonchev–Trinajstić information content (AvgIpc) is 2.33. The summed E-state index contributed by atoms with van der Waals surface area (Å²) in [7, 11) is 0. The molecule has 96 valence electrons. The van der Waals surface area contributed by atoms with Crippen LogP contribution in [0.4, 0.5) is 5.69 Å². The number of anilines is 1. The first-order valence-electron chi connectivity index (χ1n) is 6.41. The Morgan fingerprint density at radius 1 is 1.24 bits per heavy atom. The van der Waals surface area contributed by atoms with Crippen molar-refractivity contribution in [2.24, 2.45) is 5.73 Å². The van der Waals surface area contributed by atoms with E-state index in [1.54, 1.807) is 0 Å². The lowest BCUT2D eigenvalue weighted by molar-refractivity contribution is 0.644. The summed E-state index contributed by atoms with van der Waals surface area (Å²) in [6.07, 6.45) is 1.92. The second-order valence-corrected chi connectivity index (χ2v) is 4.75. The smallest absolute Gasteiger partial charge is 0.0426 e. The Morgan fingerprint density at radius 2 is 1.88 bits per heavy atom. The first-order chi connectivity index (χ1) is 8.12. The molecule has 0 bridgehead atoms. The van der Waals surface area contributed by atoms with Gasteiger partial charge in [-0.2, -0.15) is 0 Å². The fourth-order valence-corrected chi connectivity index (χ4v) is 2.16. The van der Waals surface area contributed by atoms with Gasteiger partial charge in [0.05, 0.1) is 0 Å². The molecule has 0 aliphatic heterocycles. The molecule has 17 heavy (non-hydrogen) atoms. The lowest BCUT2D eigenvalue weighted by atomic mass is 10.0. The van der Waals surface area contributed by atoms with Crippen molar-refractivity contribution in [2.45, 2.75) is 39.7 Å². The van der Waals surface area contributed by atoms with Crippen molar-refractivity contribution in [3.8, 4) is 0 Å². The van der Waals surface area contributed by atoms with Gasteiger partial charge >= 0.3 is 0 Å². The van der Waals surface area contributed by atoms with E-state index in [-0.39, 0.29) is 6.04 Å². The fraction of sp³-hybridized carbons (Fsp3) is 0.571. The maximum atomic E-state index is 6.09. The summed E-state index contributed by atoms with van der Waals surface area (Å²) in [5.74, 6) is 0. The number of hydrogen-bond donors (Lipinski definition) is 1. The van der Waals surface area contributed by atoms with E-state index in [0.29, 0.717) is 0 Å². The first kappa shape index (κ1) is 14.3. The van der Waals surface area contributed by atoms with Crippen LogP contribution in [0.3, 0.4) is 0 Å². The molecule has 1 unspecified atom stereocenters. The molecule has 0 aliphatic carbocycles. The van der Waals surface area contributed by atoms with E-state index in [4.69, 9.17) is 17.3 Å². The van der Waals surface area contributed by atoms with Crippen molar-refractivity contribution in [2.75, 3.05) is 18.0 Å². The fourth-order valence-electron chi connectivity index (χ4n) is 2.00. The molecule has 2 N–H and O–H groups in total. The molecular weight excluding hydrogens is 232 g/mol. The molecule has 0 amide bonds. The Kier molecular flexibility index (Phi) is 5.79. The molecular formula is C14H23ClN2. The molecule has 1 atom stereocenters. The lowest BCUT2D eigenvalue weighted by Crippen LogP contribution is -2.26. The highest BCUT2D eigenvalue weighted by atomic mass is 35.5. The summed E-state index contributed by atoms with van der Waals surface area (Å²) >= 11 is 6.09. The molecule has 0 aliphatic rings. The molecule has 1 rings (SSSR count). The number of nitrogens with two attached hydrogens (primary N) is 1. The molecule has 0 saturated carbocycles. The van der Waals surface area contributed by atoms with Crippen LogP contribution >= 0.6 is 11.6 Å². The standard InChI is InChI=1S/C14H23ClN2/c1-4-13(16)9-11-7-8-12(15)10-14(11)17(5-2)6-3/h7-8,10,13H,4-6,9,16H2,1-3H3. The Balaban J connectivity index is 3.02. The Hall–Kier alpha value is -0.730. The minimum absolute atomic E-state index is 0.227. The highest BCUT2D eigenvalue weighted by Gasteiger charge is 2.11. The Morgan fingerprint density at radius 3 is 2.41 bits per heavy atom. The SMILES string of the molecule is CCC(N)Cc1ccc(Cl)cc1N(CC)CC. The zero-order valence-electron chi connectivity index (χ0n) is 11.0. The third-order valence-corrected chi connectivity index (χ3v) is 3.39. The molecule has 0 aromatic heterocycles. The van der Waals surface area contributed by atoms with E-state index in [2.05, 4.69) is 31.7 Å². The van der Waals surface area contributed by atoms with Crippen molar-refractivity contribution in [3.63, 3.8) is 0 Å². The van der Waals surface area contributed by atoms with Crippen LogP contribution in [0, 0.1) is 0 Å². The van der Waals surface area contributed by atoms with Crippen molar-refractivity contribution < 1.29 is 0 Å². The Labute approximate surface area is 110 Å². The van der Waals surface area contributed by atoms with Gasteiger partial charge in [-0.1, -0.05) is 24.6 Å². The van der Waals surface area contributed by atoms with Gasteiger partial charge in [0.25, 0.3) is 0 Å². The lowest BCUT2D eigenvalue weighted by Gasteiger charge is -2.25. The number of benzene rings is 1. The Bertz CT molecular complexity index is 348. The van der Waals surface area contributed by atoms with E-state index in [0.717, 1.165) is 31.0 Å². The van der Waals surface area contributed by atoms with Crippen LogP contribution in [0.15, 0.2) is 18.2 Å². The van der Waals surface area contributed by atoms with Gasteiger partial charge in [0.2, 0.25) is 0 Å². The molecule has 1 aromatic carbocycles. The summed E-state index contributed by atoms with van der Waals surface area (Å²) in [5, 5.41) is 0.792. The third-order valence-electron chi connectivity index (χ3n) is 3.16. The van der Waals surface area contributed by atoms with Crippen LogP contribution in [0.25, 0.3) is 0 Å². The molecule has 2 nitrogen and oxygen atoms in total. The van der Waals surface area contributed by atoms with Crippen LogP contribution in [0.5, 0.6) is 0 Å². The van der Waals surface area contributed by atoms with Gasteiger partial charge in [-0.3, -0.25) is 0 Å². The average molecular weight is 255 g/mol. The van der Waals surface area contributed by atoms with Crippen molar-refractivity contribution in [1.82, 2.24) is 0 Å². The zero-order valence-corrected chi connectivity index (χ0v) is 11.8. The van der Waals surface area contributed by atoms with Crippen LogP contribution in [-0.2, 0) is 6.42 Å². The van der Waals surface area contributed by atoms with E-state index in [1.165, 1.54) is 11.3 Å². The third kappa shape index (κ3) is 3.90. The van der Waals surface area contributed by atoms with E-state index < -0.39 is 0 Å². The van der Waals surface area contributed by atoms with Crippen molar-refractivity contribution in [1.29, 1.82) is 0 Å². The van der Waals surface area contributed by atoms with Gasteiger partial charge in [-0.15, -0.1) is 0 Å². The highest BCUT2D eigenvalue weighted by Crippen LogP contribution is 2.26. The van der Waals surface area contributed by atoms with Gasteiger partial charge in [-0.25, -0.2) is 0 Å². The largest absolute Gasteiger partial charge is 0.372 e. The summed E-state index contributed by atoms with van der Waals surface area (Å²) in [4.78, 5) is 2.32. The highest BCUT2D eigenvalue weighted by molar-refractivity contribution is 6.30. The zero-order chi connectivity index (χ0) is 12.8. The molecule has 0 saturated heterocycles. The normalized spacial score (nSPS) is 12.5. The van der Waals surface area contributed by atoms with Gasteiger partial charge in [0.15, 0.2) is 0 Å². The number of nitrogens with zero attached hydrogens (tertiary/aromatic N) is 1. The second kappa shape index (κ2) is 6.87. The first-order valence-corrected chi connectivity index (χ1v) is 6.79. The van der Waals surface area contributed by atoms with Crippen LogP contribution in [0.2, 0.25) is 5.02 Å². The quantitative estimate of drug-likeness (QED) is 0.842. The van der Waals surface area contributed by atoms with Crippen molar-refractivity contribution in [3.05, 3.63) is 28.8 Å². The monoisotopic (exact) mass is 254 g/mol. The number of hydrogen-bond acceptors (Lipinski definition) is 2. The minimum Gasteiger partial charge on any atom is -0.372 e. The van der Waals surface area contributed by atoms with Gasteiger partial charge in [0.1, 0.15) is 0 Å². The summed E-state index contributed by atoms with van der Waals surface area (Å²) in [6, 6.07) is 6.33. The van der Waals surface area contributed by atoms with E-state index in [1.807, 2.05) is 12.1 Å². The number of rotatable bonds is 6. The molecule has 0 fully saturated rings. The summed E-state index contributed by atoms with van der Waals surface area (Å²) < 4.78 is 0. The summed E-state index contributed by atoms with van der Waals surface area (Å²) in [5.41, 5.74) is 8.57. The van der Waals surface area contributed by atoms with Crippen LogP contribution in [-0.4, -0.2) is 19.1 Å². The van der Waals surface area contributed by atoms with E-state index in [9.17, 15) is 0 Å². The molecule has 0 heterocycles. The van der Waals surface area contributed by atoms with Crippen LogP contribution in [0.1, 0.15) is 32.8 Å². The minimum atomic E-state index is 0.227. The molecule has 3 heteroatoms. The maximum Gasteiger partial charge on any atom is 0.0426 e. The predicted molar refractivity (Wildman–Crippen MR) is 77.0 cm³/mol. The second-order valence-electron chi connectivity index (χ2n) is 4.32. The summed E-state index contributed by atoms with van der Waals surface area (Å²) in [6.45, 7) is 8.43. The molecule has 0 spiro atoms. The molecule has 0 radical (unpaired) electrons. The van der Waals surface area contributed by atoms with Gasteiger partial charge in [-0.05, 0) is 44.4 Å². The van der Waals surface area contributed by atoms with Crippen LogP contribution < -0.4 is 10.6 Å².